The van der Waals surface area contributed by atoms with Crippen LogP contribution in [0.15, 0.2) is 51.1 Å². The van der Waals surface area contributed by atoms with E-state index >= 15 is 0 Å². The van der Waals surface area contributed by atoms with Gasteiger partial charge in [-0.2, -0.15) is 25.3 Å². The van der Waals surface area contributed by atoms with E-state index in [-0.39, 0.29) is 11.4 Å². The second-order valence-corrected chi connectivity index (χ2v) is 9.61. The van der Waals surface area contributed by atoms with Crippen LogP contribution in [0.4, 0.5) is 17.1 Å². The maximum atomic E-state index is 12.2. The molecule has 0 radical (unpaired) electrons. The molecule has 2 aromatic carbocycles. The summed E-state index contributed by atoms with van der Waals surface area (Å²) in [6, 6.07) is 5.26. The van der Waals surface area contributed by atoms with E-state index in [1.54, 1.807) is 0 Å². The fourth-order valence-corrected chi connectivity index (χ4v) is 5.14. The maximum absolute atomic E-state index is 12.2. The summed E-state index contributed by atoms with van der Waals surface area (Å²) in [6.45, 7) is 0. The summed E-state index contributed by atoms with van der Waals surface area (Å²) >= 11 is 0. The highest BCUT2D eigenvalue weighted by atomic mass is 32.3. The zero-order valence-electron chi connectivity index (χ0n) is 12.7. The van der Waals surface area contributed by atoms with E-state index in [1.165, 1.54) is 6.07 Å². The first kappa shape index (κ1) is 19.9. The Hall–Kier alpha value is -2.39. The maximum Gasteiger partial charge on any atom is 0.313 e. The summed E-state index contributed by atoms with van der Waals surface area (Å²) in [4.78, 5) is -2.13. The molecular formula is C12H13N3O8S3. The molecule has 0 aliphatic heterocycles. The highest BCUT2D eigenvalue weighted by molar-refractivity contribution is 8.00. The lowest BCUT2D eigenvalue weighted by molar-refractivity contribution is 0.461. The SMILES string of the molecule is Nc1ccc(S(=O)(=O)OS(=O)(=O)c2ccc(S(=O)(=O)O)c(N)c2)c(N)c1. The first-order chi connectivity index (χ1) is 11.7. The minimum absolute atomic E-state index is 0.151. The highest BCUT2D eigenvalue weighted by Crippen LogP contribution is 2.28. The first-order valence-electron chi connectivity index (χ1n) is 6.47. The van der Waals surface area contributed by atoms with Crippen molar-refractivity contribution in [1.29, 1.82) is 0 Å². The van der Waals surface area contributed by atoms with Crippen LogP contribution >= 0.6 is 0 Å². The van der Waals surface area contributed by atoms with Crippen molar-refractivity contribution in [2.24, 2.45) is 0 Å². The van der Waals surface area contributed by atoms with Crippen molar-refractivity contribution < 1.29 is 33.4 Å². The molecule has 14 heteroatoms. The highest BCUT2D eigenvalue weighted by Gasteiger charge is 2.29. The molecule has 11 nitrogen and oxygen atoms in total. The third kappa shape index (κ3) is 4.05. The molecule has 0 spiro atoms. The van der Waals surface area contributed by atoms with Gasteiger partial charge in [-0.15, -0.1) is 3.63 Å². The Morgan fingerprint density at radius 2 is 1.27 bits per heavy atom. The smallest absolute Gasteiger partial charge is 0.313 e. The van der Waals surface area contributed by atoms with Gasteiger partial charge in [0.15, 0.2) is 0 Å². The first-order valence-corrected chi connectivity index (χ1v) is 10.7. The van der Waals surface area contributed by atoms with Crippen molar-refractivity contribution in [1.82, 2.24) is 0 Å². The molecule has 0 aliphatic rings. The van der Waals surface area contributed by atoms with Crippen LogP contribution < -0.4 is 17.2 Å². The van der Waals surface area contributed by atoms with E-state index in [4.69, 9.17) is 21.8 Å². The lowest BCUT2D eigenvalue weighted by Gasteiger charge is -2.10. The molecule has 0 saturated carbocycles. The van der Waals surface area contributed by atoms with Gasteiger partial charge in [0.05, 0.1) is 16.3 Å². The second-order valence-electron chi connectivity index (χ2n) is 4.95. The quantitative estimate of drug-likeness (QED) is 0.364. The van der Waals surface area contributed by atoms with Gasteiger partial charge in [0.25, 0.3) is 10.1 Å². The fourth-order valence-electron chi connectivity index (χ4n) is 1.91. The molecule has 26 heavy (non-hydrogen) atoms. The molecule has 0 fully saturated rings. The Morgan fingerprint density at radius 3 is 1.77 bits per heavy atom. The summed E-state index contributed by atoms with van der Waals surface area (Å²) in [5.74, 6) is 0. The van der Waals surface area contributed by atoms with E-state index in [0.29, 0.717) is 18.2 Å². The number of benzene rings is 2. The molecule has 0 aliphatic carbocycles. The van der Waals surface area contributed by atoms with Crippen molar-refractivity contribution in [3.05, 3.63) is 36.4 Å². The average molecular weight is 423 g/mol. The minimum Gasteiger partial charge on any atom is -0.399 e. The molecule has 142 valence electrons. The molecule has 0 heterocycles. The Balaban J connectivity index is 2.47. The van der Waals surface area contributed by atoms with Crippen LogP contribution in [0.3, 0.4) is 0 Å². The van der Waals surface area contributed by atoms with Crippen molar-refractivity contribution in [2.75, 3.05) is 17.2 Å². The van der Waals surface area contributed by atoms with E-state index < -0.39 is 50.7 Å². The van der Waals surface area contributed by atoms with Crippen molar-refractivity contribution >= 4 is 47.4 Å². The Bertz CT molecular complexity index is 1190. The monoisotopic (exact) mass is 423 g/mol. The van der Waals surface area contributed by atoms with E-state index in [1.807, 2.05) is 0 Å². The molecule has 0 bridgehead atoms. The van der Waals surface area contributed by atoms with Gasteiger partial charge in [0.2, 0.25) is 0 Å². The molecular weight excluding hydrogens is 410 g/mol. The summed E-state index contributed by atoms with van der Waals surface area (Å²) < 4.78 is 84.0. The van der Waals surface area contributed by atoms with E-state index in [9.17, 15) is 25.3 Å². The summed E-state index contributed by atoms with van der Waals surface area (Å²) in [6.07, 6.45) is 0. The van der Waals surface area contributed by atoms with Gasteiger partial charge < -0.3 is 17.2 Å². The van der Waals surface area contributed by atoms with Crippen LogP contribution in [-0.4, -0.2) is 29.8 Å². The summed E-state index contributed by atoms with van der Waals surface area (Å²) in [7, 11) is -14.4. The number of hydrogen-bond donors (Lipinski definition) is 4. The van der Waals surface area contributed by atoms with Crippen LogP contribution in [0.2, 0.25) is 0 Å². The average Bonchev–Trinajstić information content (AvgIpc) is 2.44. The van der Waals surface area contributed by atoms with Crippen molar-refractivity contribution in [3.8, 4) is 0 Å². The fraction of sp³-hybridized carbons (Fsp3) is 0. The van der Waals surface area contributed by atoms with Crippen molar-refractivity contribution in [3.63, 3.8) is 0 Å². The molecule has 0 aromatic heterocycles. The minimum atomic E-state index is -4.91. The Kier molecular flexibility index (Phi) is 4.91. The molecule has 2 rings (SSSR count). The van der Waals surface area contributed by atoms with Gasteiger partial charge in [-0.05, 0) is 36.4 Å². The third-order valence-corrected chi connectivity index (χ3v) is 7.13. The third-order valence-electron chi connectivity index (χ3n) is 3.03. The predicted molar refractivity (Wildman–Crippen MR) is 91.4 cm³/mol. The second kappa shape index (κ2) is 6.40. The number of anilines is 3. The molecule has 7 N–H and O–H groups in total. The predicted octanol–water partition coefficient (Wildman–Crippen LogP) is -0.226. The number of rotatable bonds is 5. The van der Waals surface area contributed by atoms with Gasteiger partial charge >= 0.3 is 20.2 Å². The van der Waals surface area contributed by atoms with Crippen molar-refractivity contribution in [2.45, 2.75) is 14.7 Å². The summed E-state index contributed by atoms with van der Waals surface area (Å²) in [5, 5.41) is 0. The topological polar surface area (TPSA) is 210 Å². The lowest BCUT2D eigenvalue weighted by Crippen LogP contribution is -2.16. The van der Waals surface area contributed by atoms with Gasteiger partial charge in [0.1, 0.15) is 9.79 Å². The lowest BCUT2D eigenvalue weighted by atomic mass is 10.3. The van der Waals surface area contributed by atoms with Crippen LogP contribution in [-0.2, 0) is 34.0 Å². The van der Waals surface area contributed by atoms with Gasteiger partial charge in [-0.1, -0.05) is 0 Å². The van der Waals surface area contributed by atoms with Gasteiger partial charge in [-0.3, -0.25) is 4.55 Å². The van der Waals surface area contributed by atoms with Crippen LogP contribution in [0.1, 0.15) is 0 Å². The Morgan fingerprint density at radius 1 is 0.731 bits per heavy atom. The molecule has 0 unspecified atom stereocenters. The number of hydrogen-bond acceptors (Lipinski definition) is 10. The summed E-state index contributed by atoms with van der Waals surface area (Å²) in [5.41, 5.74) is 15.5. The molecule has 0 amide bonds. The molecule has 0 atom stereocenters. The normalized spacial score (nSPS) is 12.8. The molecule has 0 saturated heterocycles. The Labute approximate surface area is 149 Å². The molecule has 2 aromatic rings. The van der Waals surface area contributed by atoms with E-state index in [2.05, 4.69) is 3.63 Å². The van der Waals surface area contributed by atoms with Crippen LogP contribution in [0.25, 0.3) is 0 Å². The van der Waals surface area contributed by atoms with Crippen LogP contribution in [0, 0.1) is 0 Å². The van der Waals surface area contributed by atoms with E-state index in [0.717, 1.165) is 12.1 Å². The van der Waals surface area contributed by atoms with Gasteiger partial charge in [-0.25, -0.2) is 0 Å². The largest absolute Gasteiger partial charge is 0.399 e. The number of nitrogen functional groups attached to an aromatic ring is 3. The van der Waals surface area contributed by atoms with Crippen LogP contribution in [0.5, 0.6) is 0 Å². The van der Waals surface area contributed by atoms with Gasteiger partial charge in [0, 0.05) is 5.69 Å². The zero-order chi connectivity index (χ0) is 19.9. The zero-order valence-corrected chi connectivity index (χ0v) is 15.2. The standard InChI is InChI=1S/C12H13N3O8S3/c13-7-1-3-12(9(14)5-7)26(21,22)23-25(19,20)8-2-4-11(10(15)6-8)24(16,17)18/h1-6H,13-15H2,(H,16,17,18). The number of nitrogens with two attached hydrogens (primary N) is 3.